The zero-order valence-electron chi connectivity index (χ0n) is 19.0. The van der Waals surface area contributed by atoms with Crippen molar-refractivity contribution >= 4 is 28.2 Å². The number of Topliss-reactive ketones (excluding diaryl/α,β-unsaturated/α-hetero) is 1. The number of nitrogens with one attached hydrogen (secondary N) is 1. The summed E-state index contributed by atoms with van der Waals surface area (Å²) in [5, 5.41) is 23.4. The second-order valence-corrected chi connectivity index (χ2v) is 11.3. The van der Waals surface area contributed by atoms with E-state index in [1.165, 1.54) is 22.5 Å². The first-order valence-electron chi connectivity index (χ1n) is 11.7. The highest BCUT2D eigenvalue weighted by Gasteiger charge is 2.60. The van der Waals surface area contributed by atoms with Crippen molar-refractivity contribution in [3.05, 3.63) is 52.2 Å². The van der Waals surface area contributed by atoms with Gasteiger partial charge in [0.1, 0.15) is 5.75 Å². The van der Waals surface area contributed by atoms with Crippen LogP contribution in [0.15, 0.2) is 36.2 Å². The molecule has 2 aromatic rings. The van der Waals surface area contributed by atoms with E-state index in [0.717, 1.165) is 36.8 Å². The fraction of sp³-hybridized carbons (Fsp3) is 0.500. The molecule has 1 aromatic carbocycles. The number of benzene rings is 1. The number of aromatic nitrogens is 1. The first-order valence-corrected chi connectivity index (χ1v) is 12.6. The van der Waals surface area contributed by atoms with Gasteiger partial charge in [0.15, 0.2) is 10.9 Å². The number of phenolic OH excluding ortho intramolecular Hbond substituents is 1. The van der Waals surface area contributed by atoms with E-state index in [1.54, 1.807) is 12.3 Å². The number of nitrogens with zero attached hydrogens (tertiary/aromatic N) is 1. The molecule has 1 heterocycles. The molecular formula is C26H30N2O4S. The summed E-state index contributed by atoms with van der Waals surface area (Å²) in [6, 6.07) is 5.68. The maximum Gasteiger partial charge on any atom is 0.226 e. The van der Waals surface area contributed by atoms with Gasteiger partial charge in [-0.05, 0) is 86.0 Å². The fourth-order valence-corrected chi connectivity index (χ4v) is 7.57. The van der Waals surface area contributed by atoms with Crippen LogP contribution < -0.4 is 5.32 Å². The lowest BCUT2D eigenvalue weighted by Crippen LogP contribution is -2.44. The molecule has 1 aromatic heterocycles. The zero-order chi connectivity index (χ0) is 23.3. The number of hydrogen-bond donors (Lipinski definition) is 3. The van der Waals surface area contributed by atoms with Crippen LogP contribution in [0.2, 0.25) is 0 Å². The number of aryl methyl sites for hydroxylation is 2. The van der Waals surface area contributed by atoms with Gasteiger partial charge in [-0.25, -0.2) is 4.98 Å². The van der Waals surface area contributed by atoms with E-state index >= 15 is 0 Å². The minimum atomic E-state index is -0.502. The van der Waals surface area contributed by atoms with Crippen molar-refractivity contribution in [2.24, 2.45) is 23.2 Å². The lowest BCUT2D eigenvalue weighted by Gasteiger charge is -2.49. The van der Waals surface area contributed by atoms with Crippen molar-refractivity contribution in [2.45, 2.75) is 58.3 Å². The number of carbonyl (C=O) groups is 2. The zero-order valence-corrected chi connectivity index (χ0v) is 19.8. The molecule has 0 spiro atoms. The Kier molecular flexibility index (Phi) is 5.55. The van der Waals surface area contributed by atoms with Crippen LogP contribution in [-0.2, 0) is 16.0 Å². The molecular weight excluding hydrogens is 436 g/mol. The SMILES string of the molecule is Cc1cnc(NC(=O)CC[C@@H]2C(=CO)C(=O)[C@@]3(C)CCC4c5ccc(O)cc5CCC4C23)s1. The second kappa shape index (κ2) is 8.28. The maximum absolute atomic E-state index is 13.4. The van der Waals surface area contributed by atoms with Crippen LogP contribution in [-0.4, -0.2) is 26.9 Å². The summed E-state index contributed by atoms with van der Waals surface area (Å²) in [6.45, 7) is 4.00. The molecule has 5 atom stereocenters. The van der Waals surface area contributed by atoms with E-state index in [9.17, 15) is 19.8 Å². The molecule has 3 N–H and O–H groups in total. The topological polar surface area (TPSA) is 99.5 Å². The number of rotatable bonds is 4. The molecule has 5 rings (SSSR count). The summed E-state index contributed by atoms with van der Waals surface area (Å²) in [5.74, 6) is 0.852. The monoisotopic (exact) mass is 466 g/mol. The Morgan fingerprint density at radius 2 is 2.18 bits per heavy atom. The maximum atomic E-state index is 13.4. The Morgan fingerprint density at radius 3 is 2.91 bits per heavy atom. The van der Waals surface area contributed by atoms with E-state index in [0.29, 0.717) is 34.7 Å². The number of aromatic hydroxyl groups is 1. The van der Waals surface area contributed by atoms with E-state index < -0.39 is 5.41 Å². The summed E-state index contributed by atoms with van der Waals surface area (Å²) in [4.78, 5) is 31.3. The molecule has 7 heteroatoms. The quantitative estimate of drug-likeness (QED) is 0.421. The summed E-state index contributed by atoms with van der Waals surface area (Å²) in [6.07, 6.45) is 7.07. The van der Waals surface area contributed by atoms with Crippen molar-refractivity contribution in [1.82, 2.24) is 4.98 Å². The molecule has 2 saturated carbocycles. The molecule has 0 bridgehead atoms. The van der Waals surface area contributed by atoms with E-state index in [1.807, 2.05) is 19.1 Å². The molecule has 0 aliphatic heterocycles. The number of thiazole rings is 1. The van der Waals surface area contributed by atoms with Gasteiger partial charge >= 0.3 is 0 Å². The van der Waals surface area contributed by atoms with Crippen LogP contribution in [0.3, 0.4) is 0 Å². The molecule has 0 radical (unpaired) electrons. The van der Waals surface area contributed by atoms with Crippen molar-refractivity contribution in [3.63, 3.8) is 0 Å². The van der Waals surface area contributed by atoms with E-state index in [2.05, 4.69) is 17.2 Å². The first kappa shape index (κ1) is 22.1. The number of phenols is 1. The molecule has 1 amide bonds. The molecule has 3 aliphatic rings. The Labute approximate surface area is 197 Å². The Morgan fingerprint density at radius 1 is 1.36 bits per heavy atom. The minimum Gasteiger partial charge on any atom is -0.515 e. The summed E-state index contributed by atoms with van der Waals surface area (Å²) in [5.41, 5.74) is 2.47. The minimum absolute atomic E-state index is 0.0471. The lowest BCUT2D eigenvalue weighted by molar-refractivity contribution is -0.127. The van der Waals surface area contributed by atoms with Gasteiger partial charge in [0.2, 0.25) is 5.91 Å². The van der Waals surface area contributed by atoms with Gasteiger partial charge in [-0.15, -0.1) is 11.3 Å². The predicted octanol–water partition coefficient (Wildman–Crippen LogP) is 5.28. The number of aliphatic hydroxyl groups excluding tert-OH is 1. The van der Waals surface area contributed by atoms with E-state index in [4.69, 9.17) is 0 Å². The number of allylic oxidation sites excluding steroid dienone is 1. The molecule has 174 valence electrons. The Bertz CT molecular complexity index is 1140. The number of fused-ring (bicyclic) bond motifs is 5. The van der Waals surface area contributed by atoms with E-state index in [-0.39, 0.29) is 29.9 Å². The van der Waals surface area contributed by atoms with Gasteiger partial charge in [0.05, 0.1) is 6.26 Å². The summed E-state index contributed by atoms with van der Waals surface area (Å²) in [7, 11) is 0. The van der Waals surface area contributed by atoms with Crippen LogP contribution in [0, 0.1) is 30.1 Å². The van der Waals surface area contributed by atoms with Gasteiger partial charge in [-0.2, -0.15) is 0 Å². The largest absolute Gasteiger partial charge is 0.515 e. The molecule has 6 nitrogen and oxygen atoms in total. The van der Waals surface area contributed by atoms with Crippen LogP contribution in [0.1, 0.15) is 60.9 Å². The first-order chi connectivity index (χ1) is 15.8. The van der Waals surface area contributed by atoms with Crippen LogP contribution in [0.25, 0.3) is 0 Å². The fourth-order valence-electron chi connectivity index (χ4n) is 6.89. The third-order valence-electron chi connectivity index (χ3n) is 8.26. The molecule has 3 aliphatic carbocycles. The number of ketones is 1. The summed E-state index contributed by atoms with van der Waals surface area (Å²) >= 11 is 1.44. The van der Waals surface area contributed by atoms with Crippen LogP contribution >= 0.6 is 11.3 Å². The number of amides is 1. The Hall–Kier alpha value is -2.67. The third-order valence-corrected chi connectivity index (χ3v) is 9.09. The average Bonchev–Trinajstić information content (AvgIpc) is 3.29. The van der Waals surface area contributed by atoms with Gasteiger partial charge in [0, 0.05) is 28.5 Å². The highest BCUT2D eigenvalue weighted by Crippen LogP contribution is 2.63. The van der Waals surface area contributed by atoms with Crippen molar-refractivity contribution < 1.29 is 19.8 Å². The normalized spacial score (nSPS) is 31.7. The predicted molar refractivity (Wildman–Crippen MR) is 127 cm³/mol. The van der Waals surface area contributed by atoms with Gasteiger partial charge in [-0.3, -0.25) is 9.59 Å². The third kappa shape index (κ3) is 3.66. The summed E-state index contributed by atoms with van der Waals surface area (Å²) < 4.78 is 0. The van der Waals surface area contributed by atoms with Crippen LogP contribution in [0.5, 0.6) is 5.75 Å². The Balaban J connectivity index is 1.40. The standard InChI is InChI=1S/C26H30N2O4S/c1-14-12-27-25(33-14)28-22(31)8-7-20-21(13-29)24(32)26(2)10-9-18-17-6-4-16(30)11-15(17)3-5-19(18)23(20)26/h4,6,11-13,18-20,23,29-30H,3,5,7-10H2,1-2H3,(H,27,28,31)/t18?,19?,20-,23?,26+/m1/s1. The molecule has 3 unspecified atom stereocenters. The van der Waals surface area contributed by atoms with Crippen molar-refractivity contribution in [1.29, 1.82) is 0 Å². The molecule has 33 heavy (non-hydrogen) atoms. The van der Waals surface area contributed by atoms with Gasteiger partial charge < -0.3 is 15.5 Å². The second-order valence-electron chi connectivity index (χ2n) is 10.1. The molecule has 2 fully saturated rings. The number of carbonyl (C=O) groups excluding carboxylic acids is 2. The molecule has 0 saturated heterocycles. The van der Waals surface area contributed by atoms with Crippen molar-refractivity contribution in [2.75, 3.05) is 5.32 Å². The highest BCUT2D eigenvalue weighted by atomic mass is 32.1. The van der Waals surface area contributed by atoms with Crippen LogP contribution in [0.4, 0.5) is 5.13 Å². The number of anilines is 1. The van der Waals surface area contributed by atoms with Gasteiger partial charge in [0.25, 0.3) is 0 Å². The number of aliphatic hydroxyl groups is 1. The lowest BCUT2D eigenvalue weighted by atomic mass is 9.54. The van der Waals surface area contributed by atoms with Gasteiger partial charge in [-0.1, -0.05) is 13.0 Å². The number of hydrogen-bond acceptors (Lipinski definition) is 6. The van der Waals surface area contributed by atoms with Crippen molar-refractivity contribution in [3.8, 4) is 5.75 Å². The average molecular weight is 467 g/mol. The highest BCUT2D eigenvalue weighted by molar-refractivity contribution is 7.15. The smallest absolute Gasteiger partial charge is 0.226 e.